The van der Waals surface area contributed by atoms with Gasteiger partial charge in [0.2, 0.25) is 15.9 Å². The van der Waals surface area contributed by atoms with E-state index in [-0.39, 0.29) is 23.3 Å². The Morgan fingerprint density at radius 3 is 2.34 bits per heavy atom. The minimum Gasteiger partial charge on any atom is -0.356 e. The van der Waals surface area contributed by atoms with E-state index in [4.69, 9.17) is 0 Å². The van der Waals surface area contributed by atoms with Crippen LogP contribution in [0.25, 0.3) is 0 Å². The summed E-state index contributed by atoms with van der Waals surface area (Å²) >= 11 is 0. The van der Waals surface area contributed by atoms with Crippen molar-refractivity contribution in [2.75, 3.05) is 26.2 Å². The number of piperidine rings is 1. The molecule has 2 N–H and O–H groups in total. The van der Waals surface area contributed by atoms with Gasteiger partial charge >= 0.3 is 0 Å². The van der Waals surface area contributed by atoms with Gasteiger partial charge in [0.25, 0.3) is 5.91 Å². The van der Waals surface area contributed by atoms with Crippen LogP contribution in [0, 0.1) is 12.3 Å². The average Bonchev–Trinajstić information content (AvgIpc) is 2.68. The highest BCUT2D eigenvalue weighted by Gasteiger charge is 2.44. The second-order valence-electron chi connectivity index (χ2n) is 8.12. The van der Waals surface area contributed by atoms with Crippen molar-refractivity contribution in [3.63, 3.8) is 0 Å². The molecule has 7 nitrogen and oxygen atoms in total. The number of carbonyl (C=O) groups is 2. The van der Waals surface area contributed by atoms with Crippen LogP contribution in [-0.2, 0) is 14.8 Å². The van der Waals surface area contributed by atoms with Crippen molar-refractivity contribution < 1.29 is 18.0 Å². The lowest BCUT2D eigenvalue weighted by Crippen LogP contribution is -2.52. The predicted molar refractivity (Wildman–Crippen MR) is 111 cm³/mol. The molecule has 160 valence electrons. The van der Waals surface area contributed by atoms with Gasteiger partial charge in [0.1, 0.15) is 0 Å². The van der Waals surface area contributed by atoms with Crippen molar-refractivity contribution in [1.29, 1.82) is 0 Å². The van der Waals surface area contributed by atoms with Crippen molar-refractivity contribution >= 4 is 21.8 Å². The minimum atomic E-state index is -3.62. The topological polar surface area (TPSA) is 95.6 Å². The Kier molecular flexibility index (Phi) is 6.63. The molecule has 2 amide bonds. The highest BCUT2D eigenvalue weighted by atomic mass is 32.2. The lowest BCUT2D eigenvalue weighted by Gasteiger charge is -2.40. The van der Waals surface area contributed by atoms with Crippen molar-refractivity contribution in [2.45, 2.75) is 57.3 Å². The van der Waals surface area contributed by atoms with Gasteiger partial charge < -0.3 is 10.6 Å². The van der Waals surface area contributed by atoms with Crippen LogP contribution >= 0.6 is 0 Å². The first kappa shape index (κ1) is 21.8. The fourth-order valence-corrected chi connectivity index (χ4v) is 5.82. The minimum absolute atomic E-state index is 0.0242. The molecule has 0 unspecified atom stereocenters. The molecule has 2 fully saturated rings. The highest BCUT2D eigenvalue weighted by Crippen LogP contribution is 2.40. The first-order valence-corrected chi connectivity index (χ1v) is 11.9. The number of carbonyl (C=O) groups excluding carboxylic acids is 2. The van der Waals surface area contributed by atoms with E-state index in [1.165, 1.54) is 10.4 Å². The van der Waals surface area contributed by atoms with Crippen LogP contribution in [0.3, 0.4) is 0 Å². The summed E-state index contributed by atoms with van der Waals surface area (Å²) < 4.78 is 27.6. The summed E-state index contributed by atoms with van der Waals surface area (Å²) in [4.78, 5) is 25.3. The average molecular weight is 422 g/mol. The van der Waals surface area contributed by atoms with Crippen molar-refractivity contribution in [3.8, 4) is 0 Å². The van der Waals surface area contributed by atoms with Crippen LogP contribution in [0.5, 0.6) is 0 Å². The molecule has 29 heavy (non-hydrogen) atoms. The fourth-order valence-electron chi connectivity index (χ4n) is 4.05. The molecule has 0 atom stereocenters. The zero-order valence-electron chi connectivity index (χ0n) is 17.3. The van der Waals surface area contributed by atoms with Crippen LogP contribution in [0.15, 0.2) is 23.1 Å². The van der Waals surface area contributed by atoms with Crippen LogP contribution in [-0.4, -0.2) is 50.7 Å². The van der Waals surface area contributed by atoms with E-state index in [0.717, 1.165) is 38.5 Å². The van der Waals surface area contributed by atoms with Gasteiger partial charge in [0.15, 0.2) is 0 Å². The summed E-state index contributed by atoms with van der Waals surface area (Å²) in [5.41, 5.74) is 0.389. The standard InChI is InChI=1S/C21H31N3O4S/c1-3-22-20(26)21(10-7-11-21)15-23-19(25)17-9-8-16(2)18(14-17)29(27,28)24-12-5-4-6-13-24/h8-9,14H,3-7,10-13,15H2,1-2H3,(H,22,26)(H,23,25). The molecule has 1 aliphatic carbocycles. The molecule has 0 spiro atoms. The number of nitrogens with one attached hydrogen (secondary N) is 2. The maximum atomic E-state index is 13.1. The molecular formula is C21H31N3O4S. The number of hydrogen-bond donors (Lipinski definition) is 2. The summed E-state index contributed by atoms with van der Waals surface area (Å²) in [5, 5.41) is 5.70. The molecule has 1 heterocycles. The molecule has 3 rings (SSSR count). The zero-order valence-corrected chi connectivity index (χ0v) is 18.1. The Morgan fingerprint density at radius 2 is 1.76 bits per heavy atom. The quantitative estimate of drug-likeness (QED) is 0.706. The largest absolute Gasteiger partial charge is 0.356 e. The third-order valence-corrected chi connectivity index (χ3v) is 8.14. The van der Waals surface area contributed by atoms with Gasteiger partial charge in [0, 0.05) is 31.7 Å². The summed E-state index contributed by atoms with van der Waals surface area (Å²) in [7, 11) is -3.62. The van der Waals surface area contributed by atoms with Crippen LogP contribution in [0.4, 0.5) is 0 Å². The number of hydrogen-bond acceptors (Lipinski definition) is 4. The molecule has 1 aliphatic heterocycles. The van der Waals surface area contributed by atoms with Crippen molar-refractivity contribution in [3.05, 3.63) is 29.3 Å². The molecular weight excluding hydrogens is 390 g/mol. The summed E-state index contributed by atoms with van der Waals surface area (Å²) in [6.45, 7) is 5.49. The highest BCUT2D eigenvalue weighted by molar-refractivity contribution is 7.89. The number of amides is 2. The molecule has 1 aromatic carbocycles. The van der Waals surface area contributed by atoms with E-state index in [2.05, 4.69) is 10.6 Å². The summed E-state index contributed by atoms with van der Waals surface area (Å²) in [5.74, 6) is -0.375. The van der Waals surface area contributed by atoms with Gasteiger partial charge in [-0.15, -0.1) is 0 Å². The monoisotopic (exact) mass is 421 g/mol. The maximum Gasteiger partial charge on any atom is 0.251 e. The first-order chi connectivity index (χ1) is 13.8. The number of nitrogens with zero attached hydrogens (tertiary/aromatic N) is 1. The molecule has 1 aromatic rings. The van der Waals surface area contributed by atoms with E-state index >= 15 is 0 Å². The van der Waals surface area contributed by atoms with Gasteiger partial charge in [0.05, 0.1) is 10.3 Å². The Bertz CT molecular complexity index is 872. The molecule has 8 heteroatoms. The number of rotatable bonds is 7. The van der Waals surface area contributed by atoms with E-state index in [9.17, 15) is 18.0 Å². The second-order valence-corrected chi connectivity index (χ2v) is 10.0. The zero-order chi connectivity index (χ0) is 21.1. The molecule has 0 bridgehead atoms. The van der Waals surface area contributed by atoms with Gasteiger partial charge in [-0.2, -0.15) is 4.31 Å². The second kappa shape index (κ2) is 8.83. The van der Waals surface area contributed by atoms with Gasteiger partial charge in [-0.25, -0.2) is 8.42 Å². The maximum absolute atomic E-state index is 13.1. The Balaban J connectivity index is 1.75. The predicted octanol–water partition coefficient (Wildman–Crippen LogP) is 2.21. The van der Waals surface area contributed by atoms with Gasteiger partial charge in [-0.05, 0) is 57.2 Å². The fraction of sp³-hybridized carbons (Fsp3) is 0.619. The van der Waals surface area contributed by atoms with E-state index < -0.39 is 15.4 Å². The molecule has 2 aliphatic rings. The lowest BCUT2D eigenvalue weighted by atomic mass is 9.68. The Morgan fingerprint density at radius 1 is 1.07 bits per heavy atom. The lowest BCUT2D eigenvalue weighted by molar-refractivity contribution is -0.135. The van der Waals surface area contributed by atoms with Crippen molar-refractivity contribution in [2.24, 2.45) is 5.41 Å². The number of benzene rings is 1. The molecule has 1 saturated heterocycles. The number of aryl methyl sites for hydroxylation is 1. The van der Waals surface area contributed by atoms with Crippen LogP contribution < -0.4 is 10.6 Å². The van der Waals surface area contributed by atoms with Crippen LogP contribution in [0.1, 0.15) is 61.4 Å². The molecule has 0 radical (unpaired) electrons. The van der Waals surface area contributed by atoms with Crippen LogP contribution in [0.2, 0.25) is 0 Å². The van der Waals surface area contributed by atoms with E-state index in [1.807, 2.05) is 6.92 Å². The van der Waals surface area contributed by atoms with Gasteiger partial charge in [-0.1, -0.05) is 18.9 Å². The molecule has 1 saturated carbocycles. The third-order valence-electron chi connectivity index (χ3n) is 6.10. The first-order valence-electron chi connectivity index (χ1n) is 10.5. The molecule has 0 aromatic heterocycles. The SMILES string of the molecule is CCNC(=O)C1(CNC(=O)c2ccc(C)c(S(=O)(=O)N3CCCCC3)c2)CCC1. The van der Waals surface area contributed by atoms with Gasteiger partial charge in [-0.3, -0.25) is 9.59 Å². The number of sulfonamides is 1. The van der Waals surface area contributed by atoms with E-state index in [0.29, 0.717) is 30.8 Å². The Hall–Kier alpha value is -1.93. The summed E-state index contributed by atoms with van der Waals surface area (Å²) in [6.07, 6.45) is 5.24. The third kappa shape index (κ3) is 4.48. The normalized spacial score (nSPS) is 19.2. The smallest absolute Gasteiger partial charge is 0.251 e. The Labute approximate surface area is 173 Å². The van der Waals surface area contributed by atoms with Crippen molar-refractivity contribution in [1.82, 2.24) is 14.9 Å². The summed E-state index contributed by atoms with van der Waals surface area (Å²) in [6, 6.07) is 4.78. The van der Waals surface area contributed by atoms with E-state index in [1.54, 1.807) is 19.1 Å².